The molecular formula is C23H20FNO4S. The number of hydrogen-bond donors (Lipinski definition) is 1. The number of nitrogens with one attached hydrogen (secondary N) is 1. The average molecular weight is 425 g/mol. The summed E-state index contributed by atoms with van der Waals surface area (Å²) < 4.78 is 29.9. The zero-order chi connectivity index (χ0) is 20.9. The van der Waals surface area contributed by atoms with E-state index >= 15 is 0 Å². The molecule has 1 N–H and O–H groups in total. The quantitative estimate of drug-likeness (QED) is 0.587. The minimum atomic E-state index is -0.363. The topological polar surface area (TPSA) is 56.8 Å². The van der Waals surface area contributed by atoms with Crippen LogP contribution >= 0.6 is 11.3 Å². The van der Waals surface area contributed by atoms with Gasteiger partial charge in [-0.05, 0) is 52.9 Å². The molecular weight excluding hydrogens is 405 g/mol. The summed E-state index contributed by atoms with van der Waals surface area (Å²) in [7, 11) is 1.56. The third kappa shape index (κ3) is 4.46. The first-order chi connectivity index (χ1) is 14.6. The van der Waals surface area contributed by atoms with Gasteiger partial charge >= 0.3 is 0 Å². The standard InChI is InChI=1S/C23H20FNO4S/c1-27-18-13-15(14-19-23(18)29-11-10-28-19)4-9-21(26)25-22(20-3-2-12-30-20)16-5-7-17(24)8-6-16/h2-9,12-14,22H,10-11H2,1H3,(H,25,26)/b9-4+/t22-/m1/s1. The minimum absolute atomic E-state index is 0.272. The first-order valence-electron chi connectivity index (χ1n) is 9.39. The van der Waals surface area contributed by atoms with Crippen LogP contribution in [0.25, 0.3) is 6.08 Å². The third-order valence-electron chi connectivity index (χ3n) is 4.60. The van der Waals surface area contributed by atoms with Gasteiger partial charge in [-0.25, -0.2) is 4.39 Å². The van der Waals surface area contributed by atoms with Crippen molar-refractivity contribution in [3.63, 3.8) is 0 Å². The Kier molecular flexibility index (Phi) is 5.99. The van der Waals surface area contributed by atoms with Crippen LogP contribution in [0, 0.1) is 5.82 Å². The normalized spacial score (nSPS) is 13.8. The van der Waals surface area contributed by atoms with E-state index in [0.29, 0.717) is 30.5 Å². The lowest BCUT2D eigenvalue weighted by atomic mass is 10.1. The summed E-state index contributed by atoms with van der Waals surface area (Å²) in [6.45, 7) is 0.929. The Labute approximate surface area is 177 Å². The van der Waals surface area contributed by atoms with Crippen LogP contribution in [0.1, 0.15) is 22.0 Å². The number of hydrogen-bond acceptors (Lipinski definition) is 5. The van der Waals surface area contributed by atoms with E-state index in [1.807, 2.05) is 17.5 Å². The molecule has 0 aliphatic carbocycles. The third-order valence-corrected chi connectivity index (χ3v) is 5.53. The van der Waals surface area contributed by atoms with E-state index in [4.69, 9.17) is 14.2 Å². The number of ether oxygens (including phenoxy) is 3. The molecule has 0 radical (unpaired) electrons. The van der Waals surface area contributed by atoms with Crippen LogP contribution in [0.15, 0.2) is 60.0 Å². The van der Waals surface area contributed by atoms with Crippen LogP contribution in [-0.4, -0.2) is 26.2 Å². The SMILES string of the molecule is COc1cc(/C=C/C(=O)N[C@H](c2ccc(F)cc2)c2cccs2)cc2c1OCCO2. The number of halogens is 1. The van der Waals surface area contributed by atoms with Crippen molar-refractivity contribution in [2.24, 2.45) is 0 Å². The molecule has 3 aromatic rings. The second-order valence-electron chi connectivity index (χ2n) is 6.59. The smallest absolute Gasteiger partial charge is 0.244 e. The van der Waals surface area contributed by atoms with Gasteiger partial charge in [0.1, 0.15) is 19.0 Å². The maximum Gasteiger partial charge on any atom is 0.244 e. The number of rotatable bonds is 6. The molecule has 0 spiro atoms. The van der Waals surface area contributed by atoms with Gasteiger partial charge in [0.25, 0.3) is 0 Å². The van der Waals surface area contributed by atoms with E-state index in [9.17, 15) is 9.18 Å². The predicted octanol–water partition coefficient (Wildman–Crippen LogP) is 4.59. The van der Waals surface area contributed by atoms with Crippen LogP contribution in [0.2, 0.25) is 0 Å². The molecule has 0 saturated heterocycles. The Balaban J connectivity index is 1.54. The molecule has 2 aromatic carbocycles. The first-order valence-corrected chi connectivity index (χ1v) is 10.3. The number of benzene rings is 2. The molecule has 154 valence electrons. The van der Waals surface area contributed by atoms with E-state index in [2.05, 4.69) is 5.32 Å². The average Bonchev–Trinajstić information content (AvgIpc) is 3.31. The van der Waals surface area contributed by atoms with E-state index in [1.54, 1.807) is 37.5 Å². The van der Waals surface area contributed by atoms with Crippen molar-refractivity contribution in [2.75, 3.05) is 20.3 Å². The zero-order valence-corrected chi connectivity index (χ0v) is 17.1. The number of thiophene rings is 1. The van der Waals surface area contributed by atoms with Gasteiger partial charge in [0.15, 0.2) is 11.5 Å². The van der Waals surface area contributed by atoms with Crippen molar-refractivity contribution in [1.82, 2.24) is 5.32 Å². The van der Waals surface area contributed by atoms with E-state index < -0.39 is 0 Å². The van der Waals surface area contributed by atoms with Crippen LogP contribution < -0.4 is 19.5 Å². The lowest BCUT2D eigenvalue weighted by Gasteiger charge is -2.21. The van der Waals surface area contributed by atoms with Gasteiger partial charge in [-0.3, -0.25) is 4.79 Å². The summed E-state index contributed by atoms with van der Waals surface area (Å²) in [5, 5.41) is 4.93. The van der Waals surface area contributed by atoms with Gasteiger partial charge in [-0.15, -0.1) is 11.3 Å². The molecule has 1 aromatic heterocycles. The predicted molar refractivity (Wildman–Crippen MR) is 114 cm³/mol. The number of carbonyl (C=O) groups excluding carboxylic acids is 1. The molecule has 0 fully saturated rings. The van der Waals surface area contributed by atoms with Gasteiger partial charge in [0, 0.05) is 11.0 Å². The van der Waals surface area contributed by atoms with Crippen molar-refractivity contribution in [3.05, 3.63) is 81.8 Å². The molecule has 0 unspecified atom stereocenters. The molecule has 0 bridgehead atoms. The van der Waals surface area contributed by atoms with Gasteiger partial charge in [-0.1, -0.05) is 18.2 Å². The minimum Gasteiger partial charge on any atom is -0.493 e. The molecule has 5 nitrogen and oxygen atoms in total. The Hall–Kier alpha value is -3.32. The number of fused-ring (bicyclic) bond motifs is 1. The summed E-state index contributed by atoms with van der Waals surface area (Å²) in [5.41, 5.74) is 1.56. The fourth-order valence-electron chi connectivity index (χ4n) is 3.18. The van der Waals surface area contributed by atoms with Crippen LogP contribution in [0.3, 0.4) is 0 Å². The van der Waals surface area contributed by atoms with Crippen molar-refractivity contribution < 1.29 is 23.4 Å². The Morgan fingerprint density at radius 1 is 1.20 bits per heavy atom. The maximum absolute atomic E-state index is 13.3. The summed E-state index contributed by atoms with van der Waals surface area (Å²) in [6.07, 6.45) is 3.14. The Morgan fingerprint density at radius 3 is 2.73 bits per heavy atom. The summed E-state index contributed by atoms with van der Waals surface area (Å²) in [6, 6.07) is 13.2. The second kappa shape index (κ2) is 9.00. The van der Waals surface area contributed by atoms with Crippen LogP contribution in [0.4, 0.5) is 4.39 Å². The maximum atomic E-state index is 13.3. The number of methoxy groups -OCH3 is 1. The fourth-order valence-corrected chi connectivity index (χ4v) is 3.98. The van der Waals surface area contributed by atoms with Gasteiger partial charge in [0.2, 0.25) is 11.7 Å². The monoisotopic (exact) mass is 425 g/mol. The highest BCUT2D eigenvalue weighted by Crippen LogP contribution is 2.40. The second-order valence-corrected chi connectivity index (χ2v) is 7.57. The van der Waals surface area contributed by atoms with Crippen LogP contribution in [-0.2, 0) is 4.79 Å². The lowest BCUT2D eigenvalue weighted by molar-refractivity contribution is -0.116. The Bertz CT molecular complexity index is 1030. The van der Waals surface area contributed by atoms with Crippen LogP contribution in [0.5, 0.6) is 17.2 Å². The van der Waals surface area contributed by atoms with E-state index in [-0.39, 0.29) is 17.8 Å². The highest BCUT2D eigenvalue weighted by Gasteiger charge is 2.19. The van der Waals surface area contributed by atoms with Gasteiger partial charge in [-0.2, -0.15) is 0 Å². The molecule has 1 aliphatic heterocycles. The molecule has 1 aliphatic rings. The zero-order valence-electron chi connectivity index (χ0n) is 16.3. The van der Waals surface area contributed by atoms with Gasteiger partial charge in [0.05, 0.1) is 13.2 Å². The molecule has 2 heterocycles. The summed E-state index contributed by atoms with van der Waals surface area (Å²) in [4.78, 5) is 13.6. The lowest BCUT2D eigenvalue weighted by Crippen LogP contribution is -2.27. The van der Waals surface area contributed by atoms with E-state index in [0.717, 1.165) is 16.0 Å². The Morgan fingerprint density at radius 2 is 2.00 bits per heavy atom. The van der Waals surface area contributed by atoms with Crippen molar-refractivity contribution >= 4 is 23.3 Å². The van der Waals surface area contributed by atoms with Crippen molar-refractivity contribution in [2.45, 2.75) is 6.04 Å². The summed E-state index contributed by atoms with van der Waals surface area (Å²) in [5.74, 6) is 1.12. The first kappa shape index (κ1) is 20.0. The largest absolute Gasteiger partial charge is 0.493 e. The van der Waals surface area contributed by atoms with Crippen molar-refractivity contribution in [1.29, 1.82) is 0 Å². The highest BCUT2D eigenvalue weighted by molar-refractivity contribution is 7.10. The summed E-state index contributed by atoms with van der Waals surface area (Å²) >= 11 is 1.53. The highest BCUT2D eigenvalue weighted by atomic mass is 32.1. The molecule has 1 atom stereocenters. The molecule has 0 saturated carbocycles. The van der Waals surface area contributed by atoms with Crippen molar-refractivity contribution in [3.8, 4) is 17.2 Å². The number of amides is 1. The fraction of sp³-hybridized carbons (Fsp3) is 0.174. The number of carbonyl (C=O) groups is 1. The van der Waals surface area contributed by atoms with Gasteiger partial charge < -0.3 is 19.5 Å². The molecule has 7 heteroatoms. The molecule has 1 amide bonds. The molecule has 4 rings (SSSR count). The molecule has 30 heavy (non-hydrogen) atoms. The van der Waals surface area contributed by atoms with E-state index in [1.165, 1.54) is 29.5 Å².